The number of rotatable bonds is 10. The molecule has 3 N–H and O–H groups in total. The summed E-state index contributed by atoms with van der Waals surface area (Å²) in [4.78, 5) is 54.1. The maximum Gasteiger partial charge on any atom is 0.326 e. The van der Waals surface area contributed by atoms with Crippen LogP contribution in [0, 0.1) is 0 Å². The monoisotopic (exact) mass is 590 g/mol. The van der Waals surface area contributed by atoms with E-state index in [0.29, 0.717) is 35.6 Å². The lowest BCUT2D eigenvalue weighted by atomic mass is 10.0. The number of carbonyl (C=O) groups is 4. The van der Waals surface area contributed by atoms with Gasteiger partial charge in [-0.15, -0.1) is 0 Å². The zero-order valence-corrected chi connectivity index (χ0v) is 24.4. The second-order valence-electron chi connectivity index (χ2n) is 10.6. The fourth-order valence-electron chi connectivity index (χ4n) is 5.39. The van der Waals surface area contributed by atoms with Gasteiger partial charge in [0, 0.05) is 35.7 Å². The smallest absolute Gasteiger partial charge is 0.326 e. The van der Waals surface area contributed by atoms with Gasteiger partial charge in [0.15, 0.2) is 0 Å². The van der Waals surface area contributed by atoms with Crippen LogP contribution in [0.1, 0.15) is 46.4 Å². The number of para-hydroxylation sites is 1. The van der Waals surface area contributed by atoms with Crippen molar-refractivity contribution in [3.8, 4) is 0 Å². The highest BCUT2D eigenvalue weighted by Crippen LogP contribution is 2.28. The summed E-state index contributed by atoms with van der Waals surface area (Å²) in [7, 11) is 0. The Morgan fingerprint density at radius 3 is 2.34 bits per heavy atom. The van der Waals surface area contributed by atoms with Crippen molar-refractivity contribution >= 4 is 40.9 Å². The molecule has 0 saturated carbocycles. The predicted octanol–water partition coefficient (Wildman–Crippen LogP) is 5.82. The Kier molecular flexibility index (Phi) is 9.34. The zero-order valence-electron chi connectivity index (χ0n) is 24.4. The lowest BCUT2D eigenvalue weighted by molar-refractivity contribution is -0.137. The molecule has 5 rings (SSSR count). The van der Waals surface area contributed by atoms with Gasteiger partial charge in [0.2, 0.25) is 5.91 Å². The lowest BCUT2D eigenvalue weighted by Crippen LogP contribution is -2.33. The van der Waals surface area contributed by atoms with Gasteiger partial charge >= 0.3 is 12.0 Å². The average Bonchev–Trinajstić information content (AvgIpc) is 3.47. The quantitative estimate of drug-likeness (QED) is 0.215. The first-order valence-corrected chi connectivity index (χ1v) is 14.6. The molecule has 1 unspecified atom stereocenters. The first-order chi connectivity index (χ1) is 21.3. The molecule has 0 radical (unpaired) electrons. The minimum atomic E-state index is -1.05. The molecule has 4 amide bonds. The van der Waals surface area contributed by atoms with E-state index in [1.807, 2.05) is 43.3 Å². The van der Waals surface area contributed by atoms with Crippen LogP contribution in [0.4, 0.5) is 21.9 Å². The Morgan fingerprint density at radius 1 is 0.886 bits per heavy atom. The van der Waals surface area contributed by atoms with Crippen molar-refractivity contribution in [1.29, 1.82) is 0 Å². The minimum absolute atomic E-state index is 0.134. The average molecular weight is 591 g/mol. The molecule has 0 spiro atoms. The number of hydrogen-bond donors (Lipinski definition) is 3. The molecule has 1 aliphatic rings. The van der Waals surface area contributed by atoms with Crippen LogP contribution in [0.15, 0.2) is 103 Å². The molecule has 0 saturated heterocycles. The molecular formula is C35H34N4O5. The fourth-order valence-corrected chi connectivity index (χ4v) is 5.39. The maximum atomic E-state index is 13.4. The molecule has 4 aromatic carbocycles. The molecule has 1 heterocycles. The van der Waals surface area contributed by atoms with Crippen LogP contribution < -0.4 is 20.4 Å². The molecular weight excluding hydrogens is 556 g/mol. The van der Waals surface area contributed by atoms with Crippen molar-refractivity contribution in [3.05, 3.63) is 125 Å². The molecule has 224 valence electrons. The summed E-state index contributed by atoms with van der Waals surface area (Å²) in [5.74, 6) is -1.57. The highest BCUT2D eigenvalue weighted by atomic mass is 16.4. The topological polar surface area (TPSA) is 119 Å². The fraction of sp³-hybridized carbons (Fsp3) is 0.200. The molecule has 4 aromatic rings. The number of hydrogen-bond acceptors (Lipinski definition) is 4. The van der Waals surface area contributed by atoms with Crippen molar-refractivity contribution < 1.29 is 24.3 Å². The minimum Gasteiger partial charge on any atom is -0.481 e. The van der Waals surface area contributed by atoms with Gasteiger partial charge in [0.1, 0.15) is 0 Å². The molecule has 1 aliphatic heterocycles. The van der Waals surface area contributed by atoms with E-state index in [0.717, 1.165) is 23.2 Å². The molecule has 9 heteroatoms. The number of amides is 4. The highest BCUT2D eigenvalue weighted by Gasteiger charge is 2.24. The van der Waals surface area contributed by atoms with Gasteiger partial charge in [-0.1, -0.05) is 60.7 Å². The largest absolute Gasteiger partial charge is 0.481 e. The summed E-state index contributed by atoms with van der Waals surface area (Å²) in [6.45, 7) is 2.89. The van der Waals surface area contributed by atoms with Crippen molar-refractivity contribution in [2.45, 2.75) is 32.2 Å². The second-order valence-corrected chi connectivity index (χ2v) is 10.6. The Labute approximate surface area is 256 Å². The van der Waals surface area contributed by atoms with Crippen LogP contribution in [0.25, 0.3) is 0 Å². The Bertz CT molecular complexity index is 1660. The predicted molar refractivity (Wildman–Crippen MR) is 170 cm³/mol. The third kappa shape index (κ3) is 7.12. The molecule has 44 heavy (non-hydrogen) atoms. The Balaban J connectivity index is 1.24. The van der Waals surface area contributed by atoms with Gasteiger partial charge in [-0.2, -0.15) is 0 Å². The number of nitrogens with zero attached hydrogens (tertiary/aromatic N) is 2. The first kappa shape index (κ1) is 30.0. The molecule has 1 atom stereocenters. The number of carboxylic acid groups (broad SMARTS) is 1. The van der Waals surface area contributed by atoms with E-state index in [2.05, 4.69) is 10.6 Å². The van der Waals surface area contributed by atoms with Crippen molar-refractivity contribution in [2.75, 3.05) is 28.2 Å². The van der Waals surface area contributed by atoms with Crippen LogP contribution in [-0.2, 0) is 22.4 Å². The van der Waals surface area contributed by atoms with E-state index >= 15 is 0 Å². The molecule has 0 bridgehead atoms. The molecule has 9 nitrogen and oxygen atoms in total. The zero-order chi connectivity index (χ0) is 31.1. The van der Waals surface area contributed by atoms with Crippen molar-refractivity contribution in [1.82, 2.24) is 5.32 Å². The van der Waals surface area contributed by atoms with Crippen LogP contribution in [0.5, 0.6) is 0 Å². The number of nitrogens with one attached hydrogen (secondary N) is 2. The maximum absolute atomic E-state index is 13.4. The van der Waals surface area contributed by atoms with E-state index < -0.39 is 12.0 Å². The van der Waals surface area contributed by atoms with Crippen LogP contribution >= 0.6 is 0 Å². The van der Waals surface area contributed by atoms with E-state index in [1.54, 1.807) is 76.5 Å². The number of urea groups is 1. The van der Waals surface area contributed by atoms with E-state index in [9.17, 15) is 24.3 Å². The summed E-state index contributed by atoms with van der Waals surface area (Å²) in [6, 6.07) is 29.7. The standard InChI is InChI=1S/C35H34N4O5/c1-2-38(29-13-8-12-27(22-29)30(23-33(41)42)37-34(43)26-10-4-3-5-11-26)32(40)21-24-15-17-28(18-16-24)36-35(44)39-20-19-25-9-6-7-14-31(25)39/h3-18,22,30H,2,19-21,23H2,1H3,(H,36,44)(H,37,43)(H,41,42). The summed E-state index contributed by atoms with van der Waals surface area (Å²) >= 11 is 0. The number of anilines is 3. The molecule has 0 fully saturated rings. The summed E-state index contributed by atoms with van der Waals surface area (Å²) in [5, 5.41) is 15.3. The normalized spacial score (nSPS) is 12.6. The van der Waals surface area contributed by atoms with Gasteiger partial charge in [-0.25, -0.2) is 4.79 Å². The SMILES string of the molecule is CCN(C(=O)Cc1ccc(NC(=O)N2CCc3ccccc32)cc1)c1cccc(C(CC(=O)O)NC(=O)c2ccccc2)c1. The third-order valence-corrected chi connectivity index (χ3v) is 7.61. The van der Waals surface area contributed by atoms with Crippen LogP contribution in [0.3, 0.4) is 0 Å². The first-order valence-electron chi connectivity index (χ1n) is 14.6. The Morgan fingerprint density at radius 2 is 1.61 bits per heavy atom. The van der Waals surface area contributed by atoms with Crippen molar-refractivity contribution in [2.24, 2.45) is 0 Å². The van der Waals surface area contributed by atoms with Gasteiger partial charge in [-0.05, 0) is 72.5 Å². The van der Waals surface area contributed by atoms with Crippen molar-refractivity contribution in [3.63, 3.8) is 0 Å². The Hall–Kier alpha value is -5.44. The number of aliphatic carboxylic acids is 1. The third-order valence-electron chi connectivity index (χ3n) is 7.61. The summed E-state index contributed by atoms with van der Waals surface area (Å²) in [6.07, 6.45) is 0.647. The number of carboxylic acids is 1. The summed E-state index contributed by atoms with van der Waals surface area (Å²) < 4.78 is 0. The lowest BCUT2D eigenvalue weighted by Gasteiger charge is -2.24. The van der Waals surface area contributed by atoms with Gasteiger partial charge in [0.05, 0.1) is 18.9 Å². The number of fused-ring (bicyclic) bond motifs is 1. The van der Waals surface area contributed by atoms with Crippen LogP contribution in [-0.4, -0.2) is 42.0 Å². The van der Waals surface area contributed by atoms with E-state index in [4.69, 9.17) is 0 Å². The number of carbonyl (C=O) groups excluding carboxylic acids is 3. The molecule has 0 aliphatic carbocycles. The highest BCUT2D eigenvalue weighted by molar-refractivity contribution is 6.03. The van der Waals surface area contributed by atoms with Gasteiger partial charge < -0.3 is 20.6 Å². The van der Waals surface area contributed by atoms with Crippen LogP contribution in [0.2, 0.25) is 0 Å². The van der Waals surface area contributed by atoms with Gasteiger partial charge in [0.25, 0.3) is 5.91 Å². The van der Waals surface area contributed by atoms with E-state index in [1.165, 1.54) is 0 Å². The summed E-state index contributed by atoms with van der Waals surface area (Å²) in [5.41, 5.74) is 5.11. The number of benzene rings is 4. The second kappa shape index (κ2) is 13.7. The number of likely N-dealkylation sites (N-methyl/N-ethyl adjacent to an activating group) is 1. The molecule has 0 aromatic heterocycles. The van der Waals surface area contributed by atoms with Gasteiger partial charge in [-0.3, -0.25) is 19.3 Å². The van der Waals surface area contributed by atoms with E-state index in [-0.39, 0.29) is 30.7 Å².